The predicted octanol–water partition coefficient (Wildman–Crippen LogP) is 4.47. The number of nitrogens with zero attached hydrogens (tertiary/aromatic N) is 1. The zero-order valence-electron chi connectivity index (χ0n) is 13.5. The molecule has 2 aromatic heterocycles. The molecule has 0 aliphatic carbocycles. The molecule has 0 fully saturated rings. The second kappa shape index (κ2) is 7.82. The molecule has 4 nitrogen and oxygen atoms in total. The van der Waals surface area contributed by atoms with Gasteiger partial charge in [0.1, 0.15) is 16.5 Å². The largest absolute Gasteiger partial charge is 0.369 e. The van der Waals surface area contributed by atoms with Crippen LogP contribution < -0.4 is 11.3 Å². The molecule has 2 rings (SSSR count). The molecular formula is C16H19F2N3OS. The Balaban J connectivity index is 0.000000241. The number of nitrogens with two attached hydrogens (primary N) is 1. The number of anilines is 1. The highest BCUT2D eigenvalue weighted by atomic mass is 32.1. The van der Waals surface area contributed by atoms with Crippen LogP contribution in [0, 0.1) is 13.8 Å². The number of aryl methyl sites for hydroxylation is 2. The lowest BCUT2D eigenvalue weighted by Crippen LogP contribution is -2.10. The molecule has 0 aliphatic rings. The van der Waals surface area contributed by atoms with Crippen molar-refractivity contribution in [2.24, 2.45) is 0 Å². The van der Waals surface area contributed by atoms with E-state index in [4.69, 9.17) is 5.73 Å². The molecule has 0 spiro atoms. The number of aromatic nitrogens is 2. The van der Waals surface area contributed by atoms with E-state index in [2.05, 4.69) is 16.5 Å². The molecule has 0 unspecified atom stereocenters. The molecule has 0 saturated carbocycles. The molecular weight excluding hydrogens is 320 g/mol. The summed E-state index contributed by atoms with van der Waals surface area (Å²) in [6.45, 7) is 10.2. The summed E-state index contributed by atoms with van der Waals surface area (Å²) in [6, 6.07) is 0. The SMILES string of the molecule is C=C(C)/C(F)=C\C(F)=C/C.Cc1sc2nc(N)[nH]c(=O)c2c1C. The molecule has 0 atom stereocenters. The molecule has 0 radical (unpaired) electrons. The van der Waals surface area contributed by atoms with Crippen LogP contribution in [-0.2, 0) is 0 Å². The van der Waals surface area contributed by atoms with E-state index in [0.717, 1.165) is 21.3 Å². The number of nitrogens with one attached hydrogen (secondary N) is 1. The summed E-state index contributed by atoms with van der Waals surface area (Å²) in [4.78, 5) is 19.8. The number of nitrogen functional groups attached to an aromatic ring is 1. The number of aromatic amines is 1. The predicted molar refractivity (Wildman–Crippen MR) is 93.0 cm³/mol. The highest BCUT2D eigenvalue weighted by Gasteiger charge is 2.10. The Hall–Kier alpha value is -2.28. The molecule has 0 aromatic carbocycles. The van der Waals surface area contributed by atoms with Crippen LogP contribution in [0.2, 0.25) is 0 Å². The van der Waals surface area contributed by atoms with E-state index < -0.39 is 11.7 Å². The van der Waals surface area contributed by atoms with Gasteiger partial charge in [-0.3, -0.25) is 9.78 Å². The Morgan fingerprint density at radius 1 is 1.39 bits per heavy atom. The zero-order chi connectivity index (χ0) is 17.7. The summed E-state index contributed by atoms with van der Waals surface area (Å²) in [5.74, 6) is -1.02. The molecule has 0 bridgehead atoms. The Morgan fingerprint density at radius 3 is 2.52 bits per heavy atom. The summed E-state index contributed by atoms with van der Waals surface area (Å²) in [5.41, 5.74) is 6.50. The number of allylic oxidation sites excluding steroid dienone is 5. The molecule has 124 valence electrons. The quantitative estimate of drug-likeness (QED) is 0.793. The van der Waals surface area contributed by atoms with Crippen LogP contribution in [-0.4, -0.2) is 9.97 Å². The van der Waals surface area contributed by atoms with Crippen molar-refractivity contribution in [3.05, 3.63) is 56.8 Å². The standard InChI is InChI=1S/C8H10F2.C8H9N3OS/c1-4-7(9)5-8(10)6(2)3;1-3-4(2)13-7-5(3)6(12)10-8(9)11-7/h4-5H,2H2,1,3H3;1-2H3,(H3,9,10,11,12)/b7-4+,8-5+;. The summed E-state index contributed by atoms with van der Waals surface area (Å²) < 4.78 is 24.7. The van der Waals surface area contributed by atoms with Crippen LogP contribution in [0.1, 0.15) is 24.3 Å². The van der Waals surface area contributed by atoms with Gasteiger partial charge in [0.05, 0.1) is 5.39 Å². The Labute approximate surface area is 137 Å². The first-order chi connectivity index (χ1) is 10.7. The van der Waals surface area contributed by atoms with Gasteiger partial charge in [-0.15, -0.1) is 11.3 Å². The molecule has 2 aromatic rings. The molecule has 23 heavy (non-hydrogen) atoms. The minimum absolute atomic E-state index is 0.149. The highest BCUT2D eigenvalue weighted by molar-refractivity contribution is 7.18. The summed E-state index contributed by atoms with van der Waals surface area (Å²) in [7, 11) is 0. The Bertz CT molecular complexity index is 847. The average Bonchev–Trinajstić information content (AvgIpc) is 2.74. The van der Waals surface area contributed by atoms with Gasteiger partial charge < -0.3 is 5.73 Å². The third-order valence-corrected chi connectivity index (χ3v) is 4.11. The fourth-order valence-corrected chi connectivity index (χ4v) is 2.64. The van der Waals surface area contributed by atoms with Crippen molar-refractivity contribution in [3.8, 4) is 0 Å². The van der Waals surface area contributed by atoms with Crippen molar-refractivity contribution in [3.63, 3.8) is 0 Å². The fourth-order valence-electron chi connectivity index (χ4n) is 1.60. The molecule has 0 aliphatic heterocycles. The van der Waals surface area contributed by atoms with Gasteiger partial charge in [-0.05, 0) is 38.8 Å². The smallest absolute Gasteiger partial charge is 0.261 e. The van der Waals surface area contributed by atoms with Crippen molar-refractivity contribution < 1.29 is 8.78 Å². The second-order valence-electron chi connectivity index (χ2n) is 4.86. The van der Waals surface area contributed by atoms with Crippen LogP contribution in [0.15, 0.2) is 40.8 Å². The van der Waals surface area contributed by atoms with Gasteiger partial charge in [0, 0.05) is 11.0 Å². The van der Waals surface area contributed by atoms with Gasteiger partial charge in [-0.25, -0.2) is 13.8 Å². The summed E-state index contributed by atoms with van der Waals surface area (Å²) in [5, 5.41) is 0.664. The number of H-pyrrole nitrogens is 1. The van der Waals surface area contributed by atoms with E-state index in [-0.39, 0.29) is 17.1 Å². The van der Waals surface area contributed by atoms with Crippen molar-refractivity contribution in [2.75, 3.05) is 5.73 Å². The number of rotatable bonds is 2. The van der Waals surface area contributed by atoms with Crippen LogP contribution >= 0.6 is 11.3 Å². The van der Waals surface area contributed by atoms with Gasteiger partial charge in [0.2, 0.25) is 5.95 Å². The molecule has 0 amide bonds. The van der Waals surface area contributed by atoms with Crippen molar-refractivity contribution in [1.29, 1.82) is 0 Å². The topological polar surface area (TPSA) is 71.8 Å². The highest BCUT2D eigenvalue weighted by Crippen LogP contribution is 2.25. The lowest BCUT2D eigenvalue weighted by Gasteiger charge is -1.92. The van der Waals surface area contributed by atoms with Gasteiger partial charge >= 0.3 is 0 Å². The average molecular weight is 339 g/mol. The van der Waals surface area contributed by atoms with Crippen LogP contribution in [0.5, 0.6) is 0 Å². The number of hydrogen-bond acceptors (Lipinski definition) is 4. The van der Waals surface area contributed by atoms with E-state index in [1.165, 1.54) is 31.3 Å². The normalized spacial score (nSPS) is 12.1. The monoisotopic (exact) mass is 339 g/mol. The van der Waals surface area contributed by atoms with Crippen LogP contribution in [0.4, 0.5) is 14.7 Å². The van der Waals surface area contributed by atoms with E-state index >= 15 is 0 Å². The van der Waals surface area contributed by atoms with Gasteiger partial charge in [-0.1, -0.05) is 12.7 Å². The van der Waals surface area contributed by atoms with Gasteiger partial charge in [0.25, 0.3) is 5.56 Å². The second-order valence-corrected chi connectivity index (χ2v) is 6.06. The zero-order valence-corrected chi connectivity index (χ0v) is 14.3. The summed E-state index contributed by atoms with van der Waals surface area (Å²) in [6.07, 6.45) is 1.99. The summed E-state index contributed by atoms with van der Waals surface area (Å²) >= 11 is 1.50. The van der Waals surface area contributed by atoms with E-state index in [1.807, 2.05) is 13.8 Å². The maximum atomic E-state index is 12.4. The van der Waals surface area contributed by atoms with Gasteiger partial charge in [-0.2, -0.15) is 0 Å². The van der Waals surface area contributed by atoms with Crippen LogP contribution in [0.3, 0.4) is 0 Å². The van der Waals surface area contributed by atoms with Crippen LogP contribution in [0.25, 0.3) is 10.2 Å². The van der Waals surface area contributed by atoms with E-state index in [9.17, 15) is 13.6 Å². The number of thiophene rings is 1. The molecule has 0 saturated heterocycles. The lowest BCUT2D eigenvalue weighted by atomic mass is 10.2. The van der Waals surface area contributed by atoms with Crippen molar-refractivity contribution >= 4 is 27.5 Å². The first-order valence-electron chi connectivity index (χ1n) is 6.77. The minimum atomic E-state index is -0.615. The Morgan fingerprint density at radius 2 is 2.00 bits per heavy atom. The molecule has 7 heteroatoms. The van der Waals surface area contributed by atoms with E-state index in [1.54, 1.807) is 0 Å². The fraction of sp³-hybridized carbons (Fsp3) is 0.250. The van der Waals surface area contributed by atoms with Crippen molar-refractivity contribution in [2.45, 2.75) is 27.7 Å². The Kier molecular flexibility index (Phi) is 6.38. The third kappa shape index (κ3) is 4.85. The number of fused-ring (bicyclic) bond motifs is 1. The number of hydrogen-bond donors (Lipinski definition) is 2. The third-order valence-electron chi connectivity index (χ3n) is 3.01. The van der Waals surface area contributed by atoms with Gasteiger partial charge in [0.15, 0.2) is 0 Å². The lowest BCUT2D eigenvalue weighted by molar-refractivity contribution is 0.621. The van der Waals surface area contributed by atoms with E-state index in [0.29, 0.717) is 5.39 Å². The van der Waals surface area contributed by atoms with Crippen molar-refractivity contribution in [1.82, 2.24) is 9.97 Å². The maximum Gasteiger partial charge on any atom is 0.261 e. The number of halogens is 2. The maximum absolute atomic E-state index is 12.4. The minimum Gasteiger partial charge on any atom is -0.369 e. The molecule has 3 N–H and O–H groups in total. The molecule has 2 heterocycles. The first kappa shape index (κ1) is 18.8. The first-order valence-corrected chi connectivity index (χ1v) is 7.59.